The highest BCUT2D eigenvalue weighted by molar-refractivity contribution is 7.91. The number of hydrogen-bond acceptors (Lipinski definition) is 3. The smallest absolute Gasteiger partial charge is 0.191 e. The first-order valence-corrected chi connectivity index (χ1v) is 9.41. The topological polar surface area (TPSA) is 70.6 Å². The summed E-state index contributed by atoms with van der Waals surface area (Å²) in [5.41, 5.74) is 2.52. The average Bonchev–Trinajstić information content (AvgIpc) is 2.50. The summed E-state index contributed by atoms with van der Waals surface area (Å²) in [6, 6.07) is 8.43. The van der Waals surface area contributed by atoms with Crippen LogP contribution in [-0.4, -0.2) is 46.0 Å². The monoisotopic (exact) mass is 325 g/mol. The van der Waals surface area contributed by atoms with Crippen molar-refractivity contribution >= 4 is 15.8 Å². The van der Waals surface area contributed by atoms with Crippen molar-refractivity contribution in [3.05, 3.63) is 35.4 Å². The quantitative estimate of drug-likeness (QED) is 0.591. The van der Waals surface area contributed by atoms with Crippen molar-refractivity contribution < 1.29 is 8.42 Å². The highest BCUT2D eigenvalue weighted by Crippen LogP contribution is 2.15. The van der Waals surface area contributed by atoms with Crippen molar-refractivity contribution in [1.29, 1.82) is 0 Å². The van der Waals surface area contributed by atoms with E-state index in [2.05, 4.69) is 53.7 Å². The van der Waals surface area contributed by atoms with E-state index < -0.39 is 9.84 Å². The highest BCUT2D eigenvalue weighted by Gasteiger charge is 2.09. The predicted octanol–water partition coefficient (Wildman–Crippen LogP) is 1.70. The van der Waals surface area contributed by atoms with Gasteiger partial charge in [-0.1, -0.05) is 43.7 Å². The summed E-state index contributed by atoms with van der Waals surface area (Å²) in [6.07, 6.45) is 0. The normalized spacial score (nSPS) is 13.7. The fourth-order valence-corrected chi connectivity index (χ4v) is 2.74. The molecule has 0 spiro atoms. The first-order chi connectivity index (χ1) is 10.4. The lowest BCUT2D eigenvalue weighted by Gasteiger charge is -2.16. The van der Waals surface area contributed by atoms with Crippen LogP contribution in [0, 0.1) is 6.92 Å². The number of sulfone groups is 1. The lowest BCUT2D eigenvalue weighted by molar-refractivity contribution is 0.595. The Kier molecular flexibility index (Phi) is 7.38. The number of aliphatic imine (C=N–C) groups is 1. The van der Waals surface area contributed by atoms with Crippen LogP contribution in [0.15, 0.2) is 29.3 Å². The summed E-state index contributed by atoms with van der Waals surface area (Å²) in [7, 11) is -1.27. The lowest BCUT2D eigenvalue weighted by atomic mass is 9.99. The third-order valence-corrected chi connectivity index (χ3v) is 5.26. The van der Waals surface area contributed by atoms with E-state index in [-0.39, 0.29) is 11.5 Å². The third-order valence-electron chi connectivity index (χ3n) is 3.56. The van der Waals surface area contributed by atoms with Gasteiger partial charge in [-0.05, 0) is 18.4 Å². The number of benzene rings is 1. The molecule has 0 amide bonds. The number of rotatable bonds is 7. The summed E-state index contributed by atoms with van der Waals surface area (Å²) < 4.78 is 22.9. The second-order valence-corrected chi connectivity index (χ2v) is 7.90. The molecule has 22 heavy (non-hydrogen) atoms. The van der Waals surface area contributed by atoms with Gasteiger partial charge in [0.25, 0.3) is 0 Å². The summed E-state index contributed by atoms with van der Waals surface area (Å²) >= 11 is 0. The van der Waals surface area contributed by atoms with Crippen LogP contribution >= 0.6 is 0 Å². The van der Waals surface area contributed by atoms with Crippen LogP contribution in [0.4, 0.5) is 0 Å². The molecular formula is C16H27N3O2S. The van der Waals surface area contributed by atoms with Crippen molar-refractivity contribution in [2.75, 3.05) is 31.6 Å². The molecule has 0 aliphatic carbocycles. The van der Waals surface area contributed by atoms with Gasteiger partial charge in [0.15, 0.2) is 15.8 Å². The Bertz CT molecular complexity index is 597. The van der Waals surface area contributed by atoms with Gasteiger partial charge in [0, 0.05) is 25.9 Å². The summed E-state index contributed by atoms with van der Waals surface area (Å²) in [5, 5.41) is 6.27. The zero-order chi connectivity index (χ0) is 16.6. The first kappa shape index (κ1) is 18.5. The molecule has 2 N–H and O–H groups in total. The number of guanidine groups is 1. The Labute approximate surface area is 134 Å². The van der Waals surface area contributed by atoms with Gasteiger partial charge in [-0.15, -0.1) is 0 Å². The fraction of sp³-hybridized carbons (Fsp3) is 0.562. The average molecular weight is 325 g/mol. The number of hydrogen-bond donors (Lipinski definition) is 2. The predicted molar refractivity (Wildman–Crippen MR) is 93.3 cm³/mol. The molecule has 0 bridgehead atoms. The largest absolute Gasteiger partial charge is 0.356 e. The zero-order valence-electron chi connectivity index (χ0n) is 13.9. The van der Waals surface area contributed by atoms with Gasteiger partial charge in [0.2, 0.25) is 0 Å². The molecule has 0 heterocycles. The first-order valence-electron chi connectivity index (χ1n) is 7.59. The van der Waals surface area contributed by atoms with Crippen LogP contribution in [0.3, 0.4) is 0 Å². The van der Waals surface area contributed by atoms with Crippen LogP contribution in [0.25, 0.3) is 0 Å². The van der Waals surface area contributed by atoms with E-state index in [1.807, 2.05) is 0 Å². The molecule has 1 unspecified atom stereocenters. The molecule has 5 nitrogen and oxygen atoms in total. The Balaban J connectivity index is 2.44. The second-order valence-electron chi connectivity index (χ2n) is 5.43. The van der Waals surface area contributed by atoms with E-state index in [0.29, 0.717) is 18.4 Å². The number of nitrogens with one attached hydrogen (secondary N) is 2. The van der Waals surface area contributed by atoms with Crippen molar-refractivity contribution in [2.45, 2.75) is 26.7 Å². The van der Waals surface area contributed by atoms with Gasteiger partial charge in [0.05, 0.1) is 5.75 Å². The minimum atomic E-state index is -2.95. The highest BCUT2D eigenvalue weighted by atomic mass is 32.2. The van der Waals surface area contributed by atoms with E-state index >= 15 is 0 Å². The van der Waals surface area contributed by atoms with Gasteiger partial charge in [0.1, 0.15) is 0 Å². The Morgan fingerprint density at radius 3 is 2.64 bits per heavy atom. The molecule has 1 rings (SSSR count). The molecule has 6 heteroatoms. The molecular weight excluding hydrogens is 298 g/mol. The Hall–Kier alpha value is -1.56. The number of aryl methyl sites for hydroxylation is 1. The molecule has 0 saturated heterocycles. The standard InChI is InChI=1S/C16H27N3O2S/c1-5-22(20,21)10-9-18-16(17-4)19-12-14(3)15-8-6-7-13(2)11-15/h6-8,11,14H,5,9-10,12H2,1-4H3,(H2,17,18,19). The molecule has 1 aromatic carbocycles. The van der Waals surface area contributed by atoms with Gasteiger partial charge in [-0.25, -0.2) is 8.42 Å². The molecule has 1 atom stereocenters. The minimum absolute atomic E-state index is 0.123. The molecule has 124 valence electrons. The van der Waals surface area contributed by atoms with E-state index in [4.69, 9.17) is 0 Å². The third kappa shape index (κ3) is 6.47. The zero-order valence-corrected chi connectivity index (χ0v) is 14.7. The van der Waals surface area contributed by atoms with Crippen LogP contribution < -0.4 is 10.6 Å². The number of nitrogens with zero attached hydrogens (tertiary/aromatic N) is 1. The van der Waals surface area contributed by atoms with Gasteiger partial charge in [-0.2, -0.15) is 0 Å². The summed E-state index contributed by atoms with van der Waals surface area (Å²) in [6.45, 7) is 7.00. The lowest BCUT2D eigenvalue weighted by Crippen LogP contribution is -2.41. The van der Waals surface area contributed by atoms with Gasteiger partial charge >= 0.3 is 0 Å². The second kappa shape index (κ2) is 8.78. The SMILES string of the molecule is CCS(=O)(=O)CCNC(=NC)NCC(C)c1cccc(C)c1. The van der Waals surface area contributed by atoms with Crippen LogP contribution in [0.5, 0.6) is 0 Å². The van der Waals surface area contributed by atoms with Crippen molar-refractivity contribution in [3.63, 3.8) is 0 Å². The van der Waals surface area contributed by atoms with Gasteiger partial charge < -0.3 is 10.6 Å². The summed E-state index contributed by atoms with van der Waals surface area (Å²) in [4.78, 5) is 4.12. The Morgan fingerprint density at radius 1 is 1.32 bits per heavy atom. The van der Waals surface area contributed by atoms with Gasteiger partial charge in [-0.3, -0.25) is 4.99 Å². The fourth-order valence-electron chi connectivity index (χ4n) is 2.03. The van der Waals surface area contributed by atoms with Crippen LogP contribution in [0.1, 0.15) is 30.9 Å². The molecule has 0 radical (unpaired) electrons. The van der Waals surface area contributed by atoms with E-state index in [1.54, 1.807) is 14.0 Å². The van der Waals surface area contributed by atoms with E-state index in [0.717, 1.165) is 6.54 Å². The van der Waals surface area contributed by atoms with Crippen molar-refractivity contribution in [2.24, 2.45) is 4.99 Å². The molecule has 1 aromatic rings. The maximum absolute atomic E-state index is 11.5. The molecule has 0 aromatic heterocycles. The maximum Gasteiger partial charge on any atom is 0.191 e. The van der Waals surface area contributed by atoms with Crippen molar-refractivity contribution in [3.8, 4) is 0 Å². The van der Waals surface area contributed by atoms with E-state index in [1.165, 1.54) is 11.1 Å². The van der Waals surface area contributed by atoms with Crippen LogP contribution in [-0.2, 0) is 9.84 Å². The van der Waals surface area contributed by atoms with E-state index in [9.17, 15) is 8.42 Å². The van der Waals surface area contributed by atoms with Crippen LogP contribution in [0.2, 0.25) is 0 Å². The maximum atomic E-state index is 11.5. The minimum Gasteiger partial charge on any atom is -0.356 e. The molecule has 0 aliphatic heterocycles. The molecule has 0 saturated carbocycles. The molecule has 0 aliphatic rings. The van der Waals surface area contributed by atoms with Crippen molar-refractivity contribution in [1.82, 2.24) is 10.6 Å². The summed E-state index contributed by atoms with van der Waals surface area (Å²) in [5.74, 6) is 1.27. The Morgan fingerprint density at radius 2 is 2.05 bits per heavy atom. The molecule has 0 fully saturated rings.